The number of nitrogens with one attached hydrogen (secondary N) is 1. The lowest BCUT2D eigenvalue weighted by atomic mass is 10.0. The maximum atomic E-state index is 12.6. The maximum Gasteiger partial charge on any atom is 0.253 e. The average Bonchev–Trinajstić information content (AvgIpc) is 3.19. The van der Waals surface area contributed by atoms with Crippen molar-refractivity contribution < 1.29 is 19.1 Å². The largest absolute Gasteiger partial charge is 0.495 e. The summed E-state index contributed by atoms with van der Waals surface area (Å²) in [6, 6.07) is 10.0. The summed E-state index contributed by atoms with van der Waals surface area (Å²) in [7, 11) is 1.51. The molecule has 1 unspecified atom stereocenters. The minimum Gasteiger partial charge on any atom is -0.495 e. The molecule has 0 bridgehead atoms. The van der Waals surface area contributed by atoms with Gasteiger partial charge in [0.25, 0.3) is 5.91 Å². The molecule has 1 N–H and O–H groups in total. The molecular formula is C20H19Cl2NO4. The average molecular weight is 408 g/mol. The summed E-state index contributed by atoms with van der Waals surface area (Å²) in [4.78, 5) is 25.0. The Bertz CT molecular complexity index is 863. The van der Waals surface area contributed by atoms with Gasteiger partial charge in [-0.25, -0.2) is 0 Å². The van der Waals surface area contributed by atoms with Crippen LogP contribution in [-0.2, 0) is 16.0 Å². The van der Waals surface area contributed by atoms with Gasteiger partial charge in [-0.1, -0.05) is 29.3 Å². The number of methoxy groups -OCH3 is 1. The van der Waals surface area contributed by atoms with Crippen molar-refractivity contribution in [2.45, 2.75) is 25.4 Å². The topological polar surface area (TPSA) is 64.6 Å². The Hall–Kier alpha value is -2.08. The zero-order chi connectivity index (χ0) is 19.4. The molecule has 1 saturated heterocycles. The third kappa shape index (κ3) is 4.80. The first-order valence-electron chi connectivity index (χ1n) is 8.55. The first-order valence-corrected chi connectivity index (χ1v) is 9.31. The number of ketones is 1. The van der Waals surface area contributed by atoms with Gasteiger partial charge in [-0.15, -0.1) is 0 Å². The Morgan fingerprint density at radius 1 is 1.19 bits per heavy atom. The van der Waals surface area contributed by atoms with Crippen LogP contribution in [0.5, 0.6) is 5.75 Å². The second-order valence-corrected chi connectivity index (χ2v) is 7.07. The van der Waals surface area contributed by atoms with Gasteiger partial charge in [0.1, 0.15) is 11.9 Å². The number of carbonyl (C=O) groups excluding carboxylic acids is 2. The first kappa shape index (κ1) is 19.7. The molecule has 1 fully saturated rings. The molecule has 5 nitrogen and oxygen atoms in total. The van der Waals surface area contributed by atoms with Gasteiger partial charge in [0, 0.05) is 18.6 Å². The summed E-state index contributed by atoms with van der Waals surface area (Å²) >= 11 is 11.9. The van der Waals surface area contributed by atoms with Crippen molar-refractivity contribution in [3.63, 3.8) is 0 Å². The number of rotatable bonds is 6. The van der Waals surface area contributed by atoms with Crippen molar-refractivity contribution in [2.75, 3.05) is 19.0 Å². The number of ether oxygens (including phenoxy) is 2. The number of hydrogen-bond acceptors (Lipinski definition) is 4. The Labute approximate surface area is 167 Å². The number of amides is 1. The van der Waals surface area contributed by atoms with E-state index in [0.29, 0.717) is 40.1 Å². The Balaban J connectivity index is 1.77. The molecule has 27 heavy (non-hydrogen) atoms. The van der Waals surface area contributed by atoms with E-state index in [0.717, 1.165) is 12.0 Å². The molecule has 1 atom stereocenters. The lowest BCUT2D eigenvalue weighted by Crippen LogP contribution is -2.27. The second kappa shape index (κ2) is 8.74. The van der Waals surface area contributed by atoms with Gasteiger partial charge in [0.05, 0.1) is 22.8 Å². The van der Waals surface area contributed by atoms with Crippen LogP contribution in [0, 0.1) is 0 Å². The monoisotopic (exact) mass is 407 g/mol. The van der Waals surface area contributed by atoms with Crippen LogP contribution in [0.25, 0.3) is 0 Å². The number of halogens is 2. The van der Waals surface area contributed by atoms with E-state index >= 15 is 0 Å². The fourth-order valence-corrected chi connectivity index (χ4v) is 3.23. The van der Waals surface area contributed by atoms with E-state index in [9.17, 15) is 9.59 Å². The quantitative estimate of drug-likeness (QED) is 0.713. The fraction of sp³-hybridized carbons (Fsp3) is 0.300. The van der Waals surface area contributed by atoms with Gasteiger partial charge in [-0.05, 0) is 48.7 Å². The molecule has 3 rings (SSSR count). The van der Waals surface area contributed by atoms with E-state index in [1.54, 1.807) is 36.4 Å². The zero-order valence-electron chi connectivity index (χ0n) is 14.8. The lowest BCUT2D eigenvalue weighted by Gasteiger charge is -2.14. The fourth-order valence-electron chi connectivity index (χ4n) is 2.91. The maximum absolute atomic E-state index is 12.6. The molecule has 2 aromatic rings. The van der Waals surface area contributed by atoms with E-state index in [-0.39, 0.29) is 18.1 Å². The summed E-state index contributed by atoms with van der Waals surface area (Å²) in [6.45, 7) is 0.581. The van der Waals surface area contributed by atoms with E-state index < -0.39 is 6.10 Å². The standard InChI is InChI=1S/C20H19Cl2NO4/c1-26-18-7-5-13(11-16(18)23-20(25)19-3-2-8-27-19)17(24)10-12-4-6-14(21)15(22)9-12/h4-7,9,11,19H,2-3,8,10H2,1H3,(H,23,25). The Kier molecular flexibility index (Phi) is 6.37. The molecule has 2 aromatic carbocycles. The van der Waals surface area contributed by atoms with Crippen LogP contribution in [-0.4, -0.2) is 31.5 Å². The van der Waals surface area contributed by atoms with Crippen molar-refractivity contribution in [3.8, 4) is 5.75 Å². The normalized spacial score (nSPS) is 16.2. The van der Waals surface area contributed by atoms with E-state index in [2.05, 4.69) is 5.32 Å². The van der Waals surface area contributed by atoms with Crippen LogP contribution in [0.4, 0.5) is 5.69 Å². The van der Waals surface area contributed by atoms with Gasteiger partial charge < -0.3 is 14.8 Å². The first-order chi connectivity index (χ1) is 13.0. The third-order valence-corrected chi connectivity index (χ3v) is 5.09. The Morgan fingerprint density at radius 3 is 2.67 bits per heavy atom. The number of benzene rings is 2. The molecule has 0 aliphatic carbocycles. The van der Waals surface area contributed by atoms with Crippen molar-refractivity contribution in [2.24, 2.45) is 0 Å². The number of carbonyl (C=O) groups is 2. The summed E-state index contributed by atoms with van der Waals surface area (Å²) in [5.74, 6) is 0.135. The molecule has 1 aliphatic heterocycles. The summed E-state index contributed by atoms with van der Waals surface area (Å²) < 4.78 is 10.7. The van der Waals surface area contributed by atoms with E-state index in [1.807, 2.05) is 0 Å². The number of Topliss-reactive ketones (excluding diaryl/α,β-unsaturated/α-hetero) is 1. The minimum atomic E-state index is -0.467. The highest BCUT2D eigenvalue weighted by Crippen LogP contribution is 2.28. The Morgan fingerprint density at radius 2 is 2.00 bits per heavy atom. The third-order valence-electron chi connectivity index (χ3n) is 4.35. The highest BCUT2D eigenvalue weighted by atomic mass is 35.5. The highest BCUT2D eigenvalue weighted by molar-refractivity contribution is 6.42. The summed E-state index contributed by atoms with van der Waals surface area (Å²) in [5.41, 5.74) is 1.66. The SMILES string of the molecule is COc1ccc(C(=O)Cc2ccc(Cl)c(Cl)c2)cc1NC(=O)C1CCCO1. The molecule has 1 amide bonds. The van der Waals surface area contributed by atoms with Crippen molar-refractivity contribution in [1.82, 2.24) is 0 Å². The van der Waals surface area contributed by atoms with Crippen LogP contribution < -0.4 is 10.1 Å². The molecule has 1 aliphatic rings. The second-order valence-electron chi connectivity index (χ2n) is 6.25. The van der Waals surface area contributed by atoms with E-state index in [1.165, 1.54) is 7.11 Å². The summed E-state index contributed by atoms with van der Waals surface area (Å²) in [5, 5.41) is 3.64. The van der Waals surface area contributed by atoms with Crippen LogP contribution >= 0.6 is 23.2 Å². The van der Waals surface area contributed by atoms with Gasteiger partial charge >= 0.3 is 0 Å². The van der Waals surface area contributed by atoms with Gasteiger partial charge in [-0.3, -0.25) is 9.59 Å². The van der Waals surface area contributed by atoms with Crippen LogP contribution in [0.1, 0.15) is 28.8 Å². The molecule has 0 aromatic heterocycles. The number of anilines is 1. The zero-order valence-corrected chi connectivity index (χ0v) is 16.3. The molecule has 7 heteroatoms. The van der Waals surface area contributed by atoms with Crippen LogP contribution in [0.3, 0.4) is 0 Å². The van der Waals surface area contributed by atoms with Gasteiger partial charge in [0.2, 0.25) is 0 Å². The molecular weight excluding hydrogens is 389 g/mol. The van der Waals surface area contributed by atoms with Crippen LogP contribution in [0.2, 0.25) is 10.0 Å². The predicted molar refractivity (Wildman–Crippen MR) is 105 cm³/mol. The minimum absolute atomic E-state index is 0.108. The highest BCUT2D eigenvalue weighted by Gasteiger charge is 2.24. The summed E-state index contributed by atoms with van der Waals surface area (Å²) in [6.07, 6.45) is 1.24. The molecule has 0 radical (unpaired) electrons. The molecule has 1 heterocycles. The lowest BCUT2D eigenvalue weighted by molar-refractivity contribution is -0.124. The molecule has 142 valence electrons. The van der Waals surface area contributed by atoms with Gasteiger partial charge in [-0.2, -0.15) is 0 Å². The predicted octanol–water partition coefficient (Wildman–Crippen LogP) is 4.54. The molecule has 0 spiro atoms. The van der Waals surface area contributed by atoms with Crippen LogP contribution in [0.15, 0.2) is 36.4 Å². The van der Waals surface area contributed by atoms with Crippen molar-refractivity contribution in [3.05, 3.63) is 57.6 Å². The molecule has 0 saturated carbocycles. The van der Waals surface area contributed by atoms with Crippen molar-refractivity contribution in [1.29, 1.82) is 0 Å². The smallest absolute Gasteiger partial charge is 0.253 e. The van der Waals surface area contributed by atoms with Crippen molar-refractivity contribution >= 4 is 40.6 Å². The van der Waals surface area contributed by atoms with Gasteiger partial charge in [0.15, 0.2) is 5.78 Å². The number of hydrogen-bond donors (Lipinski definition) is 1. The van der Waals surface area contributed by atoms with E-state index in [4.69, 9.17) is 32.7 Å².